The summed E-state index contributed by atoms with van der Waals surface area (Å²) in [6.45, 7) is 5.14. The Balaban J connectivity index is 1.70. The highest BCUT2D eigenvalue weighted by Gasteiger charge is 2.26. The monoisotopic (exact) mass is 476 g/mol. The lowest BCUT2D eigenvalue weighted by atomic mass is 10.1. The molecule has 10 heteroatoms. The number of aryl methyl sites for hydroxylation is 2. The second-order valence-corrected chi connectivity index (χ2v) is 8.47. The standard InChI is InChI=1S/C24H24N6O3S/c1-14-9-8-10-15(2)20(14)26-18(32)13-30-22(25-16(3)31)19(24(28-30)34-4)23-27-21(29-33-23)17-11-6-5-7-12-17/h5-12H,13H2,1-4H3,(H,25,31)(H,26,32). The van der Waals surface area contributed by atoms with Crippen LogP contribution in [0.25, 0.3) is 22.8 Å². The number of carbonyl (C=O) groups is 2. The zero-order valence-corrected chi connectivity index (χ0v) is 20.1. The van der Waals surface area contributed by atoms with Crippen molar-refractivity contribution in [3.8, 4) is 22.8 Å². The van der Waals surface area contributed by atoms with E-state index in [0.717, 1.165) is 22.4 Å². The summed E-state index contributed by atoms with van der Waals surface area (Å²) in [5, 5.41) is 14.9. The Kier molecular flexibility index (Phi) is 6.78. The van der Waals surface area contributed by atoms with Crippen LogP contribution in [0.3, 0.4) is 0 Å². The number of anilines is 2. The number of para-hydroxylation sites is 1. The molecule has 4 aromatic rings. The molecule has 4 rings (SSSR count). The minimum Gasteiger partial charge on any atom is -0.333 e. The van der Waals surface area contributed by atoms with E-state index >= 15 is 0 Å². The number of amides is 2. The van der Waals surface area contributed by atoms with E-state index in [2.05, 4.69) is 25.9 Å². The van der Waals surface area contributed by atoms with Gasteiger partial charge in [0.25, 0.3) is 5.89 Å². The highest BCUT2D eigenvalue weighted by Crippen LogP contribution is 2.36. The van der Waals surface area contributed by atoms with Gasteiger partial charge in [0.2, 0.25) is 17.6 Å². The number of nitrogens with zero attached hydrogens (tertiary/aromatic N) is 4. The highest BCUT2D eigenvalue weighted by atomic mass is 32.2. The third-order valence-electron chi connectivity index (χ3n) is 5.12. The Morgan fingerprint density at radius 3 is 2.38 bits per heavy atom. The van der Waals surface area contributed by atoms with Gasteiger partial charge >= 0.3 is 0 Å². The maximum atomic E-state index is 12.9. The first-order valence-corrected chi connectivity index (χ1v) is 11.8. The Bertz CT molecular complexity index is 1330. The molecule has 0 aliphatic heterocycles. The molecular formula is C24H24N6O3S. The lowest BCUT2D eigenvalue weighted by molar-refractivity contribution is -0.117. The van der Waals surface area contributed by atoms with Crippen LogP contribution in [0.15, 0.2) is 58.1 Å². The van der Waals surface area contributed by atoms with Crippen LogP contribution in [0.4, 0.5) is 11.5 Å². The first-order valence-electron chi connectivity index (χ1n) is 10.5. The molecule has 0 saturated carbocycles. The Labute approximate surface area is 200 Å². The van der Waals surface area contributed by atoms with Crippen LogP contribution in [-0.2, 0) is 16.1 Å². The van der Waals surface area contributed by atoms with Crippen LogP contribution in [0.1, 0.15) is 18.1 Å². The van der Waals surface area contributed by atoms with E-state index < -0.39 is 0 Å². The summed E-state index contributed by atoms with van der Waals surface area (Å²) >= 11 is 1.35. The van der Waals surface area contributed by atoms with E-state index in [4.69, 9.17) is 4.52 Å². The van der Waals surface area contributed by atoms with E-state index in [9.17, 15) is 9.59 Å². The van der Waals surface area contributed by atoms with Gasteiger partial charge in [-0.1, -0.05) is 53.7 Å². The van der Waals surface area contributed by atoms with Gasteiger partial charge in [0.15, 0.2) is 0 Å². The minimum absolute atomic E-state index is 0.114. The van der Waals surface area contributed by atoms with Crippen LogP contribution in [0.2, 0.25) is 0 Å². The second kappa shape index (κ2) is 9.92. The summed E-state index contributed by atoms with van der Waals surface area (Å²) < 4.78 is 6.98. The molecule has 0 spiro atoms. The predicted molar refractivity (Wildman–Crippen MR) is 132 cm³/mol. The number of nitrogens with one attached hydrogen (secondary N) is 2. The van der Waals surface area contributed by atoms with Gasteiger partial charge in [-0.05, 0) is 31.2 Å². The maximum absolute atomic E-state index is 12.9. The fourth-order valence-corrected chi connectivity index (χ4v) is 4.11. The number of hydrogen-bond donors (Lipinski definition) is 2. The average molecular weight is 477 g/mol. The quantitative estimate of drug-likeness (QED) is 0.376. The lowest BCUT2D eigenvalue weighted by Gasteiger charge is -2.13. The smallest absolute Gasteiger partial charge is 0.264 e. The van der Waals surface area contributed by atoms with E-state index in [0.29, 0.717) is 22.2 Å². The molecule has 174 valence electrons. The van der Waals surface area contributed by atoms with Crippen molar-refractivity contribution in [3.63, 3.8) is 0 Å². The van der Waals surface area contributed by atoms with Gasteiger partial charge < -0.3 is 15.2 Å². The maximum Gasteiger partial charge on any atom is 0.264 e. The van der Waals surface area contributed by atoms with Gasteiger partial charge in [0.05, 0.1) is 0 Å². The van der Waals surface area contributed by atoms with E-state index in [1.807, 2.05) is 68.6 Å². The van der Waals surface area contributed by atoms with Crippen molar-refractivity contribution in [2.75, 3.05) is 16.9 Å². The molecule has 2 amide bonds. The van der Waals surface area contributed by atoms with Gasteiger partial charge in [-0.25, -0.2) is 4.68 Å². The Morgan fingerprint density at radius 1 is 1.03 bits per heavy atom. The van der Waals surface area contributed by atoms with Gasteiger partial charge in [-0.15, -0.1) is 11.8 Å². The van der Waals surface area contributed by atoms with Crippen molar-refractivity contribution < 1.29 is 14.1 Å². The van der Waals surface area contributed by atoms with Crippen molar-refractivity contribution in [2.24, 2.45) is 0 Å². The lowest BCUT2D eigenvalue weighted by Crippen LogP contribution is -2.22. The molecule has 0 atom stereocenters. The van der Waals surface area contributed by atoms with Gasteiger partial charge in [0, 0.05) is 18.2 Å². The third-order valence-corrected chi connectivity index (χ3v) is 5.79. The molecule has 2 aromatic heterocycles. The summed E-state index contributed by atoms with van der Waals surface area (Å²) in [7, 11) is 0. The van der Waals surface area contributed by atoms with Crippen LogP contribution in [0.5, 0.6) is 0 Å². The molecule has 2 N–H and O–H groups in total. The average Bonchev–Trinajstić information content (AvgIpc) is 3.42. The summed E-state index contributed by atoms with van der Waals surface area (Å²) in [6, 6.07) is 15.2. The largest absolute Gasteiger partial charge is 0.333 e. The van der Waals surface area contributed by atoms with Crippen molar-refractivity contribution >= 4 is 35.1 Å². The number of aromatic nitrogens is 4. The van der Waals surface area contributed by atoms with Crippen molar-refractivity contribution in [3.05, 3.63) is 59.7 Å². The Morgan fingerprint density at radius 2 is 1.74 bits per heavy atom. The first-order chi connectivity index (χ1) is 16.4. The highest BCUT2D eigenvalue weighted by molar-refractivity contribution is 7.98. The van der Waals surface area contributed by atoms with Crippen molar-refractivity contribution in [2.45, 2.75) is 32.3 Å². The second-order valence-electron chi connectivity index (χ2n) is 7.68. The van der Waals surface area contributed by atoms with E-state index in [1.54, 1.807) is 0 Å². The molecule has 0 unspecified atom stereocenters. The van der Waals surface area contributed by atoms with Crippen LogP contribution < -0.4 is 10.6 Å². The molecule has 9 nitrogen and oxygen atoms in total. The van der Waals surface area contributed by atoms with E-state index in [1.165, 1.54) is 23.4 Å². The van der Waals surface area contributed by atoms with Gasteiger partial charge in [-0.2, -0.15) is 10.1 Å². The molecule has 34 heavy (non-hydrogen) atoms. The molecule has 0 fully saturated rings. The number of thioether (sulfide) groups is 1. The molecule has 0 bridgehead atoms. The summed E-state index contributed by atoms with van der Waals surface area (Å²) in [4.78, 5) is 29.4. The first kappa shape index (κ1) is 23.2. The zero-order valence-electron chi connectivity index (χ0n) is 19.2. The molecule has 2 aromatic carbocycles. The normalized spacial score (nSPS) is 10.8. The molecule has 0 aliphatic rings. The van der Waals surface area contributed by atoms with Gasteiger partial charge in [-0.3, -0.25) is 9.59 Å². The third kappa shape index (κ3) is 4.86. The summed E-state index contributed by atoms with van der Waals surface area (Å²) in [5.74, 6) is 0.344. The number of hydrogen-bond acceptors (Lipinski definition) is 7. The molecular weight excluding hydrogens is 452 g/mol. The SMILES string of the molecule is CSc1nn(CC(=O)Nc2c(C)cccc2C)c(NC(C)=O)c1-c1nc(-c2ccccc2)no1. The van der Waals surface area contributed by atoms with Crippen molar-refractivity contribution in [1.82, 2.24) is 19.9 Å². The predicted octanol–water partition coefficient (Wildman–Crippen LogP) is 4.54. The fourth-order valence-electron chi connectivity index (χ4n) is 3.54. The summed E-state index contributed by atoms with van der Waals surface area (Å²) in [5.41, 5.74) is 3.94. The minimum atomic E-state index is -0.312. The fraction of sp³-hybridized carbons (Fsp3) is 0.208. The topological polar surface area (TPSA) is 115 Å². The molecule has 0 aliphatic carbocycles. The van der Waals surface area contributed by atoms with Crippen LogP contribution in [-0.4, -0.2) is 38.0 Å². The summed E-state index contributed by atoms with van der Waals surface area (Å²) in [6.07, 6.45) is 1.85. The molecule has 0 saturated heterocycles. The molecule has 0 radical (unpaired) electrons. The molecule has 2 heterocycles. The van der Waals surface area contributed by atoms with E-state index in [-0.39, 0.29) is 24.2 Å². The van der Waals surface area contributed by atoms with Crippen LogP contribution >= 0.6 is 11.8 Å². The van der Waals surface area contributed by atoms with Crippen molar-refractivity contribution in [1.29, 1.82) is 0 Å². The van der Waals surface area contributed by atoms with Crippen LogP contribution in [0, 0.1) is 13.8 Å². The number of benzene rings is 2. The number of carbonyl (C=O) groups excluding carboxylic acids is 2. The Hall–Kier alpha value is -3.92. The zero-order chi connectivity index (χ0) is 24.2. The number of rotatable bonds is 7. The van der Waals surface area contributed by atoms with Gasteiger partial charge in [0.1, 0.15) is 23.0 Å².